The van der Waals surface area contributed by atoms with Crippen LogP contribution in [0.3, 0.4) is 0 Å². The standard InChI is InChI=1S/C11H19F3N2O.ClH/c1-15-6-2-3-10(17)16-7-4-9(5-8-16)11(12,13)14;/h9,15H,2-8H2,1H3;1H. The molecular weight excluding hydrogens is 269 g/mol. The molecule has 1 heterocycles. The van der Waals surface area contributed by atoms with E-state index in [2.05, 4.69) is 5.32 Å². The highest BCUT2D eigenvalue weighted by Gasteiger charge is 2.41. The molecule has 108 valence electrons. The highest BCUT2D eigenvalue weighted by atomic mass is 35.5. The lowest BCUT2D eigenvalue weighted by atomic mass is 9.96. The first kappa shape index (κ1) is 17.5. The third kappa shape index (κ3) is 5.44. The molecule has 1 fully saturated rings. The lowest BCUT2D eigenvalue weighted by Gasteiger charge is -2.33. The molecular formula is C11H20ClF3N2O. The van der Waals surface area contributed by atoms with Crippen LogP contribution in [0.25, 0.3) is 0 Å². The highest BCUT2D eigenvalue weighted by molar-refractivity contribution is 5.85. The molecule has 1 saturated heterocycles. The summed E-state index contributed by atoms with van der Waals surface area (Å²) in [7, 11) is 1.80. The van der Waals surface area contributed by atoms with Crippen LogP contribution in [0.1, 0.15) is 25.7 Å². The molecule has 1 aliphatic rings. The largest absolute Gasteiger partial charge is 0.391 e. The van der Waals surface area contributed by atoms with E-state index in [1.54, 1.807) is 11.9 Å². The first-order valence-electron chi connectivity index (χ1n) is 5.94. The molecule has 0 saturated carbocycles. The van der Waals surface area contributed by atoms with Crippen molar-refractivity contribution in [1.82, 2.24) is 10.2 Å². The Morgan fingerprint density at radius 1 is 1.33 bits per heavy atom. The molecule has 0 bridgehead atoms. The molecule has 1 rings (SSSR count). The summed E-state index contributed by atoms with van der Waals surface area (Å²) in [5.74, 6) is -1.26. The van der Waals surface area contributed by atoms with Gasteiger partial charge in [0.15, 0.2) is 0 Å². The third-order valence-corrected chi connectivity index (χ3v) is 3.13. The van der Waals surface area contributed by atoms with Gasteiger partial charge in [-0.2, -0.15) is 13.2 Å². The molecule has 1 N–H and O–H groups in total. The third-order valence-electron chi connectivity index (χ3n) is 3.13. The summed E-state index contributed by atoms with van der Waals surface area (Å²) in [5, 5.41) is 2.93. The molecule has 1 amide bonds. The first-order chi connectivity index (χ1) is 7.95. The van der Waals surface area contributed by atoms with Crippen molar-refractivity contribution in [2.45, 2.75) is 31.9 Å². The Morgan fingerprint density at radius 2 is 1.89 bits per heavy atom. The van der Waals surface area contributed by atoms with Gasteiger partial charge >= 0.3 is 6.18 Å². The first-order valence-corrected chi connectivity index (χ1v) is 5.94. The second-order valence-electron chi connectivity index (χ2n) is 4.40. The van der Waals surface area contributed by atoms with Gasteiger partial charge in [-0.05, 0) is 32.9 Å². The van der Waals surface area contributed by atoms with E-state index in [1.807, 2.05) is 0 Å². The molecule has 3 nitrogen and oxygen atoms in total. The van der Waals surface area contributed by atoms with Gasteiger partial charge in [0.05, 0.1) is 5.92 Å². The van der Waals surface area contributed by atoms with Gasteiger partial charge in [0.25, 0.3) is 0 Å². The summed E-state index contributed by atoms with van der Waals surface area (Å²) in [6.07, 6.45) is -2.88. The monoisotopic (exact) mass is 288 g/mol. The van der Waals surface area contributed by atoms with Gasteiger partial charge in [-0.25, -0.2) is 0 Å². The van der Waals surface area contributed by atoms with Crippen LogP contribution in [0, 0.1) is 5.92 Å². The van der Waals surface area contributed by atoms with Gasteiger partial charge in [-0.1, -0.05) is 0 Å². The van der Waals surface area contributed by atoms with E-state index in [4.69, 9.17) is 0 Å². The average molecular weight is 289 g/mol. The molecule has 0 radical (unpaired) electrons. The molecule has 0 aliphatic carbocycles. The van der Waals surface area contributed by atoms with Crippen molar-refractivity contribution >= 4 is 18.3 Å². The van der Waals surface area contributed by atoms with Crippen LogP contribution in [0.2, 0.25) is 0 Å². The number of alkyl halides is 3. The number of amides is 1. The van der Waals surface area contributed by atoms with Gasteiger partial charge in [0.1, 0.15) is 0 Å². The van der Waals surface area contributed by atoms with Crippen LogP contribution in [0.5, 0.6) is 0 Å². The number of piperidine rings is 1. The SMILES string of the molecule is CNCCCC(=O)N1CCC(C(F)(F)F)CC1.Cl. The van der Waals surface area contributed by atoms with Crippen molar-refractivity contribution < 1.29 is 18.0 Å². The van der Waals surface area contributed by atoms with Crippen LogP contribution >= 0.6 is 12.4 Å². The second-order valence-corrected chi connectivity index (χ2v) is 4.40. The Kier molecular flexibility index (Phi) is 7.62. The number of nitrogens with zero attached hydrogens (tertiary/aromatic N) is 1. The Balaban J connectivity index is 0.00000289. The Bertz CT molecular complexity index is 253. The Morgan fingerprint density at radius 3 is 2.33 bits per heavy atom. The van der Waals surface area contributed by atoms with Crippen molar-refractivity contribution in [3.63, 3.8) is 0 Å². The number of halogens is 4. The molecule has 0 aromatic heterocycles. The predicted molar refractivity (Wildman–Crippen MR) is 65.8 cm³/mol. The van der Waals surface area contributed by atoms with E-state index in [9.17, 15) is 18.0 Å². The average Bonchev–Trinajstić information content (AvgIpc) is 2.28. The molecule has 0 unspecified atom stereocenters. The van der Waals surface area contributed by atoms with Crippen molar-refractivity contribution in [2.24, 2.45) is 5.92 Å². The van der Waals surface area contributed by atoms with Crippen molar-refractivity contribution in [1.29, 1.82) is 0 Å². The molecule has 0 atom stereocenters. The fraction of sp³-hybridized carbons (Fsp3) is 0.909. The maximum atomic E-state index is 12.4. The number of hydrogen-bond acceptors (Lipinski definition) is 2. The lowest BCUT2D eigenvalue weighted by molar-refractivity contribution is -0.186. The summed E-state index contributed by atoms with van der Waals surface area (Å²) in [6, 6.07) is 0. The molecule has 0 spiro atoms. The molecule has 7 heteroatoms. The minimum atomic E-state index is -4.11. The molecule has 18 heavy (non-hydrogen) atoms. The van der Waals surface area contributed by atoms with Crippen molar-refractivity contribution in [3.05, 3.63) is 0 Å². The number of rotatable bonds is 4. The Hall–Kier alpha value is -0.490. The van der Waals surface area contributed by atoms with Crippen LogP contribution < -0.4 is 5.32 Å². The second kappa shape index (κ2) is 7.84. The summed E-state index contributed by atoms with van der Waals surface area (Å²) in [4.78, 5) is 13.2. The fourth-order valence-electron chi connectivity index (χ4n) is 2.03. The quantitative estimate of drug-likeness (QED) is 0.805. The maximum absolute atomic E-state index is 12.4. The predicted octanol–water partition coefficient (Wildman–Crippen LogP) is 2.21. The number of carbonyl (C=O) groups excluding carboxylic acids is 1. The lowest BCUT2D eigenvalue weighted by Crippen LogP contribution is -2.42. The maximum Gasteiger partial charge on any atom is 0.391 e. The van der Waals surface area contributed by atoms with E-state index in [-0.39, 0.29) is 44.2 Å². The number of hydrogen-bond donors (Lipinski definition) is 1. The molecule has 0 aromatic rings. The number of likely N-dealkylation sites (tertiary alicyclic amines) is 1. The summed E-state index contributed by atoms with van der Waals surface area (Å²) < 4.78 is 37.2. The van der Waals surface area contributed by atoms with Crippen molar-refractivity contribution in [2.75, 3.05) is 26.7 Å². The number of carbonyl (C=O) groups is 1. The highest BCUT2D eigenvalue weighted by Crippen LogP contribution is 2.34. The van der Waals surface area contributed by atoms with Crippen LogP contribution in [0.15, 0.2) is 0 Å². The van der Waals surface area contributed by atoms with E-state index >= 15 is 0 Å². The van der Waals surface area contributed by atoms with Gasteiger partial charge < -0.3 is 10.2 Å². The van der Waals surface area contributed by atoms with Gasteiger partial charge in [-0.3, -0.25) is 4.79 Å². The van der Waals surface area contributed by atoms with E-state index in [0.717, 1.165) is 13.0 Å². The van der Waals surface area contributed by atoms with E-state index in [1.165, 1.54) is 0 Å². The Labute approximate surface area is 112 Å². The summed E-state index contributed by atoms with van der Waals surface area (Å²) in [6.45, 7) is 1.23. The van der Waals surface area contributed by atoms with Gasteiger partial charge in [0.2, 0.25) is 5.91 Å². The zero-order chi connectivity index (χ0) is 12.9. The minimum absolute atomic E-state index is 0. The van der Waals surface area contributed by atoms with Crippen LogP contribution in [0.4, 0.5) is 13.2 Å². The van der Waals surface area contributed by atoms with Gasteiger partial charge in [-0.15, -0.1) is 12.4 Å². The summed E-state index contributed by atoms with van der Waals surface area (Å²) >= 11 is 0. The van der Waals surface area contributed by atoms with Crippen LogP contribution in [-0.2, 0) is 4.79 Å². The topological polar surface area (TPSA) is 32.3 Å². The normalized spacial score (nSPS) is 17.4. The van der Waals surface area contributed by atoms with Crippen molar-refractivity contribution in [3.8, 4) is 0 Å². The van der Waals surface area contributed by atoms with Crippen LogP contribution in [-0.4, -0.2) is 43.7 Å². The van der Waals surface area contributed by atoms with Gasteiger partial charge in [0, 0.05) is 19.5 Å². The smallest absolute Gasteiger partial charge is 0.343 e. The van der Waals surface area contributed by atoms with E-state index < -0.39 is 12.1 Å². The molecule has 1 aliphatic heterocycles. The minimum Gasteiger partial charge on any atom is -0.343 e. The summed E-state index contributed by atoms with van der Waals surface area (Å²) in [5.41, 5.74) is 0. The molecule has 0 aromatic carbocycles. The number of nitrogens with one attached hydrogen (secondary N) is 1. The fourth-order valence-corrected chi connectivity index (χ4v) is 2.03. The van der Waals surface area contributed by atoms with E-state index in [0.29, 0.717) is 6.42 Å². The zero-order valence-electron chi connectivity index (χ0n) is 10.4. The zero-order valence-corrected chi connectivity index (χ0v) is 11.2.